The molecule has 1 aliphatic heterocycles. The lowest BCUT2D eigenvalue weighted by molar-refractivity contribution is -0.0959. The number of hydrogen-bond donors (Lipinski definition) is 1. The van der Waals surface area contributed by atoms with E-state index in [0.717, 1.165) is 24.7 Å². The van der Waals surface area contributed by atoms with Gasteiger partial charge in [0.1, 0.15) is 6.23 Å². The predicted molar refractivity (Wildman–Crippen MR) is 104 cm³/mol. The van der Waals surface area contributed by atoms with Crippen LogP contribution in [0, 0.1) is 0 Å². The number of carbonyl (C=O) groups is 1. The van der Waals surface area contributed by atoms with Crippen LogP contribution in [0.15, 0.2) is 12.3 Å². The van der Waals surface area contributed by atoms with Gasteiger partial charge in [-0.2, -0.15) is 5.10 Å². The lowest BCUT2D eigenvalue weighted by Crippen LogP contribution is -2.40. The summed E-state index contributed by atoms with van der Waals surface area (Å²) in [5.41, 5.74) is 1.71. The molecule has 1 saturated heterocycles. The lowest BCUT2D eigenvalue weighted by Gasteiger charge is -2.34. The zero-order valence-electron chi connectivity index (χ0n) is 16.4. The number of esters is 1. The topological polar surface area (TPSA) is 89.6 Å². The van der Waals surface area contributed by atoms with Gasteiger partial charge in [0, 0.05) is 39.5 Å². The van der Waals surface area contributed by atoms with E-state index in [-0.39, 0.29) is 6.23 Å². The molecule has 9 heteroatoms. The Morgan fingerprint density at radius 1 is 1.37 bits per heavy atom. The SMILES string of the molecule is COC(=O)c1[nH]nc2ncc(C(OCC[Si](C)(C)C)N3CCOCC3)cc12. The van der Waals surface area contributed by atoms with E-state index in [0.29, 0.717) is 36.5 Å². The summed E-state index contributed by atoms with van der Waals surface area (Å²) in [6.07, 6.45) is 1.56. The summed E-state index contributed by atoms with van der Waals surface area (Å²) in [5.74, 6) is -0.459. The van der Waals surface area contributed by atoms with Gasteiger partial charge in [-0.25, -0.2) is 9.78 Å². The maximum atomic E-state index is 12.0. The number of H-pyrrole nitrogens is 1. The van der Waals surface area contributed by atoms with Crippen molar-refractivity contribution >= 4 is 25.1 Å². The van der Waals surface area contributed by atoms with E-state index < -0.39 is 14.0 Å². The summed E-state index contributed by atoms with van der Waals surface area (Å²) >= 11 is 0. The van der Waals surface area contributed by atoms with E-state index in [2.05, 4.69) is 39.7 Å². The Morgan fingerprint density at radius 2 is 2.11 bits per heavy atom. The number of rotatable bonds is 7. The molecule has 2 aromatic heterocycles. The normalized spacial score (nSPS) is 17.2. The van der Waals surface area contributed by atoms with Crippen molar-refractivity contribution in [3.63, 3.8) is 0 Å². The van der Waals surface area contributed by atoms with Crippen LogP contribution in [0.5, 0.6) is 0 Å². The van der Waals surface area contributed by atoms with Crippen molar-refractivity contribution in [2.75, 3.05) is 40.0 Å². The fourth-order valence-corrected chi connectivity index (χ4v) is 3.74. The van der Waals surface area contributed by atoms with Gasteiger partial charge in [0.2, 0.25) is 0 Å². The summed E-state index contributed by atoms with van der Waals surface area (Å²) in [6.45, 7) is 10.7. The Kier molecular flexibility index (Phi) is 6.25. The molecule has 3 rings (SSSR count). The number of fused-ring (bicyclic) bond motifs is 1. The van der Waals surface area contributed by atoms with Crippen molar-refractivity contribution in [1.82, 2.24) is 20.1 Å². The van der Waals surface area contributed by atoms with Crippen molar-refractivity contribution in [1.29, 1.82) is 0 Å². The third-order valence-corrected chi connectivity index (χ3v) is 6.31. The Hall–Kier alpha value is -1.81. The van der Waals surface area contributed by atoms with Crippen molar-refractivity contribution in [2.24, 2.45) is 0 Å². The smallest absolute Gasteiger partial charge is 0.356 e. The summed E-state index contributed by atoms with van der Waals surface area (Å²) in [4.78, 5) is 18.6. The highest BCUT2D eigenvalue weighted by Gasteiger charge is 2.26. The van der Waals surface area contributed by atoms with Gasteiger partial charge < -0.3 is 14.2 Å². The summed E-state index contributed by atoms with van der Waals surface area (Å²) in [7, 11) is 0.153. The molecule has 0 saturated carbocycles. The molecule has 0 amide bonds. The van der Waals surface area contributed by atoms with Crippen LogP contribution in [0.3, 0.4) is 0 Å². The fraction of sp³-hybridized carbons (Fsp3) is 0.611. The minimum Gasteiger partial charge on any atom is -0.464 e. The molecule has 0 aliphatic carbocycles. The van der Waals surface area contributed by atoms with Crippen molar-refractivity contribution < 1.29 is 19.0 Å². The molecule has 148 valence electrons. The van der Waals surface area contributed by atoms with Crippen LogP contribution in [-0.4, -0.2) is 74.1 Å². The van der Waals surface area contributed by atoms with Gasteiger partial charge in [0.05, 0.1) is 25.7 Å². The molecule has 0 radical (unpaired) electrons. The van der Waals surface area contributed by atoms with Crippen molar-refractivity contribution in [3.05, 3.63) is 23.5 Å². The van der Waals surface area contributed by atoms with E-state index in [1.165, 1.54) is 7.11 Å². The number of pyridine rings is 1. The second kappa shape index (κ2) is 8.47. The van der Waals surface area contributed by atoms with Crippen LogP contribution in [0.25, 0.3) is 11.0 Å². The van der Waals surface area contributed by atoms with Gasteiger partial charge in [0.25, 0.3) is 0 Å². The molecule has 0 aromatic carbocycles. The maximum Gasteiger partial charge on any atom is 0.356 e. The van der Waals surface area contributed by atoms with Crippen LogP contribution in [0.4, 0.5) is 0 Å². The third-order valence-electron chi connectivity index (χ3n) is 4.61. The lowest BCUT2D eigenvalue weighted by atomic mass is 10.1. The Balaban J connectivity index is 1.88. The number of carbonyl (C=O) groups excluding carboxylic acids is 1. The van der Waals surface area contributed by atoms with E-state index in [9.17, 15) is 4.79 Å². The third kappa shape index (κ3) is 4.92. The standard InChI is InChI=1S/C18H28N4O4Si/c1-24-18(23)15-14-11-13(12-19-16(14)21-20-15)17(22-5-7-25-8-6-22)26-9-10-27(2,3)4/h11-12,17H,5-10H2,1-4H3,(H,19,20,21). The van der Waals surface area contributed by atoms with Gasteiger partial charge in [-0.3, -0.25) is 10.00 Å². The first-order valence-electron chi connectivity index (χ1n) is 9.25. The van der Waals surface area contributed by atoms with Gasteiger partial charge in [0.15, 0.2) is 11.3 Å². The summed E-state index contributed by atoms with van der Waals surface area (Å²) in [5, 5.41) is 7.45. The molecular weight excluding hydrogens is 364 g/mol. The average molecular weight is 393 g/mol. The molecule has 0 bridgehead atoms. The van der Waals surface area contributed by atoms with E-state index in [1.54, 1.807) is 6.20 Å². The summed E-state index contributed by atoms with van der Waals surface area (Å²) in [6, 6.07) is 3.01. The predicted octanol–water partition coefficient (Wildman–Crippen LogP) is 2.43. The second-order valence-corrected chi connectivity index (χ2v) is 13.5. The van der Waals surface area contributed by atoms with Crippen LogP contribution >= 0.6 is 0 Å². The zero-order valence-corrected chi connectivity index (χ0v) is 17.4. The number of ether oxygens (including phenoxy) is 3. The molecule has 1 aliphatic rings. The van der Waals surface area contributed by atoms with Crippen molar-refractivity contribution in [2.45, 2.75) is 31.9 Å². The maximum absolute atomic E-state index is 12.0. The zero-order chi connectivity index (χ0) is 19.4. The molecule has 8 nitrogen and oxygen atoms in total. The first kappa shape index (κ1) is 19.9. The monoisotopic (exact) mass is 392 g/mol. The minimum absolute atomic E-state index is 0.220. The van der Waals surface area contributed by atoms with Crippen LogP contribution in [-0.2, 0) is 14.2 Å². The van der Waals surface area contributed by atoms with Crippen molar-refractivity contribution in [3.8, 4) is 0 Å². The number of hydrogen-bond acceptors (Lipinski definition) is 7. The van der Waals surface area contributed by atoms with Crippen LogP contribution < -0.4 is 0 Å². The molecule has 1 atom stereocenters. The van der Waals surface area contributed by atoms with E-state index in [4.69, 9.17) is 14.2 Å². The van der Waals surface area contributed by atoms with Crippen LogP contribution in [0.1, 0.15) is 22.3 Å². The molecular formula is C18H28N4O4Si. The number of aromatic nitrogens is 3. The number of aromatic amines is 1. The second-order valence-electron chi connectivity index (χ2n) is 7.91. The first-order valence-corrected chi connectivity index (χ1v) is 13.0. The van der Waals surface area contributed by atoms with E-state index >= 15 is 0 Å². The molecule has 1 unspecified atom stereocenters. The highest BCUT2D eigenvalue weighted by molar-refractivity contribution is 6.76. The molecule has 2 aromatic rings. The fourth-order valence-electron chi connectivity index (χ4n) is 3.01. The Morgan fingerprint density at radius 3 is 2.78 bits per heavy atom. The molecule has 1 fully saturated rings. The minimum atomic E-state index is -1.20. The Bertz CT molecular complexity index is 783. The molecule has 27 heavy (non-hydrogen) atoms. The number of nitrogens with zero attached hydrogens (tertiary/aromatic N) is 3. The molecule has 3 heterocycles. The molecule has 0 spiro atoms. The van der Waals surface area contributed by atoms with Gasteiger partial charge >= 0.3 is 5.97 Å². The number of morpholine rings is 1. The number of nitrogens with one attached hydrogen (secondary N) is 1. The summed E-state index contributed by atoms with van der Waals surface area (Å²) < 4.78 is 16.6. The van der Waals surface area contributed by atoms with Gasteiger partial charge in [-0.1, -0.05) is 19.6 Å². The highest BCUT2D eigenvalue weighted by Crippen LogP contribution is 2.27. The van der Waals surface area contributed by atoms with Crippen LogP contribution in [0.2, 0.25) is 25.7 Å². The first-order chi connectivity index (χ1) is 12.9. The number of methoxy groups -OCH3 is 1. The Labute approximate surface area is 160 Å². The quantitative estimate of drug-likeness (QED) is 0.572. The van der Waals surface area contributed by atoms with Gasteiger partial charge in [-0.15, -0.1) is 0 Å². The largest absolute Gasteiger partial charge is 0.464 e. The van der Waals surface area contributed by atoms with Gasteiger partial charge in [-0.05, 0) is 12.1 Å². The van der Waals surface area contributed by atoms with E-state index in [1.807, 2.05) is 6.07 Å². The average Bonchev–Trinajstić information content (AvgIpc) is 3.07. The highest BCUT2D eigenvalue weighted by atomic mass is 28.3. The molecule has 1 N–H and O–H groups in total.